The molecule has 1 aromatic carbocycles. The Bertz CT molecular complexity index is 622. The van der Waals surface area contributed by atoms with Crippen LogP contribution in [0.3, 0.4) is 0 Å². The van der Waals surface area contributed by atoms with E-state index in [2.05, 4.69) is 10.5 Å². The van der Waals surface area contributed by atoms with E-state index in [1.54, 1.807) is 0 Å². The number of carbonyl (C=O) groups is 1. The Hall–Kier alpha value is -2.38. The number of ether oxygens (including phenoxy) is 2. The molecule has 7 nitrogen and oxygen atoms in total. The van der Waals surface area contributed by atoms with E-state index in [1.807, 2.05) is 44.2 Å². The minimum absolute atomic E-state index is 0.0180. The lowest BCUT2D eigenvalue weighted by molar-refractivity contribution is -0.131. The van der Waals surface area contributed by atoms with Crippen molar-refractivity contribution in [1.29, 1.82) is 0 Å². The highest BCUT2D eigenvalue weighted by atomic mass is 16.7. The Morgan fingerprint density at radius 1 is 1.26 bits per heavy atom. The molecule has 0 aliphatic rings. The number of anilines is 1. The SMILES string of the molecule is CCOC(CNC(=O)c1onc(-c2ccccc2)c1N)OCC. The normalized spacial score (nSPS) is 10.9. The fourth-order valence-corrected chi connectivity index (χ4v) is 2.06. The van der Waals surface area contributed by atoms with Crippen molar-refractivity contribution in [1.82, 2.24) is 10.5 Å². The third-order valence-corrected chi connectivity index (χ3v) is 3.12. The van der Waals surface area contributed by atoms with Gasteiger partial charge in [0.05, 0.1) is 6.54 Å². The van der Waals surface area contributed by atoms with Crippen molar-refractivity contribution in [2.45, 2.75) is 20.1 Å². The van der Waals surface area contributed by atoms with Crippen molar-refractivity contribution >= 4 is 11.6 Å². The number of nitrogens with two attached hydrogens (primary N) is 1. The first-order valence-electron chi connectivity index (χ1n) is 7.49. The first kappa shape index (κ1) is 17.0. The smallest absolute Gasteiger partial charge is 0.292 e. The van der Waals surface area contributed by atoms with Crippen molar-refractivity contribution in [3.63, 3.8) is 0 Å². The molecule has 1 aromatic heterocycles. The number of nitrogens with zero attached hydrogens (tertiary/aromatic N) is 1. The van der Waals surface area contributed by atoms with Crippen LogP contribution in [0.1, 0.15) is 24.4 Å². The molecule has 0 fully saturated rings. The molecule has 1 heterocycles. The summed E-state index contributed by atoms with van der Waals surface area (Å²) in [5.41, 5.74) is 7.42. The second-order valence-corrected chi connectivity index (χ2v) is 4.69. The zero-order chi connectivity index (χ0) is 16.7. The number of hydrogen-bond donors (Lipinski definition) is 2. The van der Waals surface area contributed by atoms with Crippen LogP contribution in [0.2, 0.25) is 0 Å². The summed E-state index contributed by atoms with van der Waals surface area (Å²) < 4.78 is 15.8. The number of nitrogens with one attached hydrogen (secondary N) is 1. The molecule has 7 heteroatoms. The van der Waals surface area contributed by atoms with Crippen molar-refractivity contribution in [3.05, 3.63) is 36.1 Å². The van der Waals surface area contributed by atoms with Gasteiger partial charge in [0.25, 0.3) is 5.91 Å². The average molecular weight is 319 g/mol. The second kappa shape index (κ2) is 8.30. The Balaban J connectivity index is 2.04. The van der Waals surface area contributed by atoms with Gasteiger partial charge >= 0.3 is 0 Å². The summed E-state index contributed by atoms with van der Waals surface area (Å²) in [6.07, 6.45) is -0.508. The van der Waals surface area contributed by atoms with Crippen molar-refractivity contribution in [2.75, 3.05) is 25.5 Å². The summed E-state index contributed by atoms with van der Waals surface area (Å²) in [4.78, 5) is 12.2. The van der Waals surface area contributed by atoms with Crippen LogP contribution in [0, 0.1) is 0 Å². The molecule has 0 atom stereocenters. The van der Waals surface area contributed by atoms with Gasteiger partial charge in [-0.15, -0.1) is 0 Å². The molecule has 23 heavy (non-hydrogen) atoms. The highest BCUT2D eigenvalue weighted by molar-refractivity contribution is 5.99. The molecular weight excluding hydrogens is 298 g/mol. The summed E-state index contributed by atoms with van der Waals surface area (Å²) in [7, 11) is 0. The van der Waals surface area contributed by atoms with Gasteiger partial charge in [-0.25, -0.2) is 0 Å². The van der Waals surface area contributed by atoms with E-state index in [1.165, 1.54) is 0 Å². The first-order chi connectivity index (χ1) is 11.2. The van der Waals surface area contributed by atoms with Gasteiger partial charge in [-0.3, -0.25) is 4.79 Å². The summed E-state index contributed by atoms with van der Waals surface area (Å²) in [6.45, 7) is 4.89. The minimum atomic E-state index is -0.508. The highest BCUT2D eigenvalue weighted by Crippen LogP contribution is 2.27. The van der Waals surface area contributed by atoms with Crippen molar-refractivity contribution in [3.8, 4) is 11.3 Å². The van der Waals surface area contributed by atoms with E-state index >= 15 is 0 Å². The van der Waals surface area contributed by atoms with Gasteiger partial charge < -0.3 is 25.0 Å². The Morgan fingerprint density at radius 2 is 1.91 bits per heavy atom. The molecule has 0 aliphatic heterocycles. The topological polar surface area (TPSA) is 99.6 Å². The molecule has 0 unspecified atom stereocenters. The summed E-state index contributed by atoms with van der Waals surface area (Å²) in [5, 5.41) is 6.56. The van der Waals surface area contributed by atoms with Crippen LogP contribution in [-0.2, 0) is 9.47 Å². The zero-order valence-electron chi connectivity index (χ0n) is 13.2. The third-order valence-electron chi connectivity index (χ3n) is 3.12. The molecule has 1 amide bonds. The van der Waals surface area contributed by atoms with Crippen LogP contribution < -0.4 is 11.1 Å². The van der Waals surface area contributed by atoms with Gasteiger partial charge in [-0.05, 0) is 13.8 Å². The average Bonchev–Trinajstić information content (AvgIpc) is 2.95. The summed E-state index contributed by atoms with van der Waals surface area (Å²) in [5.74, 6) is -0.475. The van der Waals surface area contributed by atoms with E-state index in [9.17, 15) is 4.79 Å². The second-order valence-electron chi connectivity index (χ2n) is 4.69. The Morgan fingerprint density at radius 3 is 2.52 bits per heavy atom. The number of aromatic nitrogens is 1. The molecule has 0 saturated carbocycles. The lowest BCUT2D eigenvalue weighted by atomic mass is 10.1. The maximum Gasteiger partial charge on any atom is 0.292 e. The van der Waals surface area contributed by atoms with Gasteiger partial charge in [-0.1, -0.05) is 35.5 Å². The predicted molar refractivity (Wildman–Crippen MR) is 85.7 cm³/mol. The van der Waals surface area contributed by atoms with Gasteiger partial charge in [0, 0.05) is 18.8 Å². The highest BCUT2D eigenvalue weighted by Gasteiger charge is 2.21. The lowest BCUT2D eigenvalue weighted by Gasteiger charge is -2.16. The standard InChI is InChI=1S/C16H21N3O4/c1-3-21-12(22-4-2)10-18-16(20)15-13(17)14(19-23-15)11-8-6-5-7-9-11/h5-9,12H,3-4,10,17H2,1-2H3,(H,18,20). The van der Waals surface area contributed by atoms with Gasteiger partial charge in [-0.2, -0.15) is 0 Å². The van der Waals surface area contributed by atoms with E-state index in [-0.39, 0.29) is 18.0 Å². The third kappa shape index (κ3) is 4.30. The Kier molecular flexibility index (Phi) is 6.13. The number of nitrogen functional groups attached to an aromatic ring is 1. The number of carbonyl (C=O) groups excluding carboxylic acids is 1. The van der Waals surface area contributed by atoms with E-state index in [4.69, 9.17) is 19.7 Å². The zero-order valence-corrected chi connectivity index (χ0v) is 13.2. The number of benzene rings is 1. The fraction of sp³-hybridized carbons (Fsp3) is 0.375. The number of amides is 1. The molecule has 3 N–H and O–H groups in total. The maximum absolute atomic E-state index is 12.2. The number of rotatable bonds is 8. The molecule has 0 aliphatic carbocycles. The van der Waals surface area contributed by atoms with Gasteiger partial charge in [0.1, 0.15) is 11.4 Å². The molecule has 0 bridgehead atoms. The molecular formula is C16H21N3O4. The largest absolute Gasteiger partial charge is 0.394 e. The van der Waals surface area contributed by atoms with E-state index in [0.29, 0.717) is 18.9 Å². The van der Waals surface area contributed by atoms with E-state index in [0.717, 1.165) is 5.56 Å². The van der Waals surface area contributed by atoms with Gasteiger partial charge in [0.2, 0.25) is 5.76 Å². The fourth-order valence-electron chi connectivity index (χ4n) is 2.06. The van der Waals surface area contributed by atoms with Gasteiger partial charge in [0.15, 0.2) is 6.29 Å². The van der Waals surface area contributed by atoms with Crippen LogP contribution >= 0.6 is 0 Å². The summed E-state index contributed by atoms with van der Waals surface area (Å²) >= 11 is 0. The van der Waals surface area contributed by atoms with Crippen LogP contribution in [0.5, 0.6) is 0 Å². The Labute approximate surface area is 134 Å². The van der Waals surface area contributed by atoms with Crippen molar-refractivity contribution < 1.29 is 18.8 Å². The first-order valence-corrected chi connectivity index (χ1v) is 7.49. The van der Waals surface area contributed by atoms with Crippen LogP contribution in [0.4, 0.5) is 5.69 Å². The molecule has 0 saturated heterocycles. The van der Waals surface area contributed by atoms with Crippen LogP contribution in [0.25, 0.3) is 11.3 Å². The summed E-state index contributed by atoms with van der Waals surface area (Å²) in [6, 6.07) is 9.29. The molecule has 124 valence electrons. The predicted octanol–water partition coefficient (Wildman–Crippen LogP) is 2.05. The molecule has 2 aromatic rings. The van der Waals surface area contributed by atoms with Crippen molar-refractivity contribution in [2.24, 2.45) is 0 Å². The minimum Gasteiger partial charge on any atom is -0.394 e. The quantitative estimate of drug-likeness (QED) is 0.722. The molecule has 0 radical (unpaired) electrons. The van der Waals surface area contributed by atoms with Crippen LogP contribution in [-0.4, -0.2) is 37.1 Å². The maximum atomic E-state index is 12.2. The molecule has 0 spiro atoms. The lowest BCUT2D eigenvalue weighted by Crippen LogP contribution is -2.35. The van der Waals surface area contributed by atoms with Crippen LogP contribution in [0.15, 0.2) is 34.9 Å². The number of hydrogen-bond acceptors (Lipinski definition) is 6. The monoisotopic (exact) mass is 319 g/mol. The van der Waals surface area contributed by atoms with E-state index < -0.39 is 12.2 Å². The molecule has 2 rings (SSSR count).